The normalized spacial score (nSPS) is 22.9. The van der Waals surface area contributed by atoms with Crippen molar-refractivity contribution >= 4 is 23.1 Å². The van der Waals surface area contributed by atoms with E-state index in [9.17, 15) is 23.3 Å². The number of nitrogens with one attached hydrogen (secondary N) is 1. The molecule has 0 radical (unpaired) electrons. The van der Waals surface area contributed by atoms with Crippen molar-refractivity contribution in [1.82, 2.24) is 0 Å². The van der Waals surface area contributed by atoms with Crippen molar-refractivity contribution in [3.05, 3.63) is 33.9 Å². The highest BCUT2D eigenvalue weighted by Gasteiger charge is 2.33. The lowest BCUT2D eigenvalue weighted by molar-refractivity contribution is -0.384. The van der Waals surface area contributed by atoms with Crippen molar-refractivity contribution in [2.75, 3.05) is 11.1 Å². The molecule has 2 unspecified atom stereocenters. The standard InChI is InChI=1S/C13H15F3N2O2S/c1-8-10(3-2-6-21-8)17-11-5-4-9(13(14,15)16)7-12(11)18(19)20/h4-5,7-8,10,17H,2-3,6H2,1H3. The van der Waals surface area contributed by atoms with Gasteiger partial charge in [0, 0.05) is 17.4 Å². The number of nitro benzene ring substituents is 1. The van der Waals surface area contributed by atoms with E-state index in [0.29, 0.717) is 6.07 Å². The first-order chi connectivity index (χ1) is 9.79. The van der Waals surface area contributed by atoms with E-state index in [1.54, 1.807) is 11.8 Å². The first kappa shape index (κ1) is 15.9. The second kappa shape index (κ2) is 6.13. The summed E-state index contributed by atoms with van der Waals surface area (Å²) < 4.78 is 37.9. The van der Waals surface area contributed by atoms with Crippen LogP contribution in [0.4, 0.5) is 24.5 Å². The van der Waals surface area contributed by atoms with Crippen LogP contribution < -0.4 is 5.32 Å². The zero-order valence-electron chi connectivity index (χ0n) is 11.3. The quantitative estimate of drug-likeness (QED) is 0.666. The number of nitrogens with zero attached hydrogens (tertiary/aromatic N) is 1. The molecule has 1 fully saturated rings. The molecule has 2 rings (SSSR count). The van der Waals surface area contributed by atoms with Crippen molar-refractivity contribution in [1.29, 1.82) is 0 Å². The third-order valence-corrected chi connectivity index (χ3v) is 4.85. The van der Waals surface area contributed by atoms with Gasteiger partial charge in [-0.05, 0) is 30.7 Å². The van der Waals surface area contributed by atoms with E-state index in [0.717, 1.165) is 30.7 Å². The minimum atomic E-state index is -4.59. The number of alkyl halides is 3. The molecule has 1 heterocycles. The number of anilines is 1. The summed E-state index contributed by atoms with van der Waals surface area (Å²) in [6.45, 7) is 2.01. The van der Waals surface area contributed by atoms with Gasteiger partial charge in [0.2, 0.25) is 0 Å². The molecular weight excluding hydrogens is 305 g/mol. The van der Waals surface area contributed by atoms with Gasteiger partial charge in [0.25, 0.3) is 5.69 Å². The van der Waals surface area contributed by atoms with Crippen LogP contribution in [0.1, 0.15) is 25.3 Å². The van der Waals surface area contributed by atoms with Crippen molar-refractivity contribution in [3.8, 4) is 0 Å². The molecule has 116 valence electrons. The van der Waals surface area contributed by atoms with Gasteiger partial charge in [-0.3, -0.25) is 10.1 Å². The maximum absolute atomic E-state index is 12.6. The second-order valence-corrected chi connectivity index (χ2v) is 6.44. The molecule has 1 N–H and O–H groups in total. The molecule has 1 saturated heterocycles. The van der Waals surface area contributed by atoms with Crippen LogP contribution >= 0.6 is 11.8 Å². The summed E-state index contributed by atoms with van der Waals surface area (Å²) in [7, 11) is 0. The molecule has 1 aromatic carbocycles. The van der Waals surface area contributed by atoms with Gasteiger partial charge in [-0.25, -0.2) is 0 Å². The lowest BCUT2D eigenvalue weighted by Gasteiger charge is -2.29. The van der Waals surface area contributed by atoms with Crippen molar-refractivity contribution in [3.63, 3.8) is 0 Å². The molecule has 2 atom stereocenters. The van der Waals surface area contributed by atoms with E-state index >= 15 is 0 Å². The van der Waals surface area contributed by atoms with Gasteiger partial charge in [-0.1, -0.05) is 6.92 Å². The summed E-state index contributed by atoms with van der Waals surface area (Å²) in [5, 5.41) is 14.3. The Morgan fingerprint density at radius 3 is 2.71 bits per heavy atom. The Morgan fingerprint density at radius 2 is 2.14 bits per heavy atom. The number of rotatable bonds is 3. The van der Waals surface area contributed by atoms with Gasteiger partial charge in [0.05, 0.1) is 10.5 Å². The van der Waals surface area contributed by atoms with E-state index < -0.39 is 22.4 Å². The van der Waals surface area contributed by atoms with Crippen LogP contribution in [0.15, 0.2) is 18.2 Å². The fraction of sp³-hybridized carbons (Fsp3) is 0.538. The summed E-state index contributed by atoms with van der Waals surface area (Å²) in [6.07, 6.45) is -2.75. The number of benzene rings is 1. The monoisotopic (exact) mass is 320 g/mol. The van der Waals surface area contributed by atoms with Gasteiger partial charge < -0.3 is 5.32 Å². The lowest BCUT2D eigenvalue weighted by atomic mass is 10.1. The van der Waals surface area contributed by atoms with Crippen LogP contribution in [0.25, 0.3) is 0 Å². The number of hydrogen-bond acceptors (Lipinski definition) is 4. The predicted octanol–water partition coefficient (Wildman–Crippen LogP) is 4.31. The number of nitro groups is 1. The molecule has 1 aliphatic heterocycles. The van der Waals surface area contributed by atoms with Crippen LogP contribution in [-0.2, 0) is 6.18 Å². The van der Waals surface area contributed by atoms with Crippen LogP contribution in [0.5, 0.6) is 0 Å². The summed E-state index contributed by atoms with van der Waals surface area (Å²) in [5.74, 6) is 1.04. The molecule has 0 amide bonds. The zero-order valence-corrected chi connectivity index (χ0v) is 12.1. The molecular formula is C13H15F3N2O2S. The Balaban J connectivity index is 2.28. The summed E-state index contributed by atoms with van der Waals surface area (Å²) >= 11 is 1.75. The topological polar surface area (TPSA) is 55.2 Å². The first-order valence-corrected chi connectivity index (χ1v) is 7.57. The molecule has 1 aliphatic rings. The molecule has 0 bridgehead atoms. The third-order valence-electron chi connectivity index (χ3n) is 3.47. The zero-order chi connectivity index (χ0) is 15.6. The van der Waals surface area contributed by atoms with Gasteiger partial charge in [-0.15, -0.1) is 0 Å². The Morgan fingerprint density at radius 1 is 1.43 bits per heavy atom. The Bertz CT molecular complexity index is 537. The van der Waals surface area contributed by atoms with E-state index in [1.165, 1.54) is 0 Å². The minimum Gasteiger partial charge on any atom is -0.376 e. The van der Waals surface area contributed by atoms with Gasteiger partial charge in [0.15, 0.2) is 0 Å². The number of halogens is 3. The van der Waals surface area contributed by atoms with Gasteiger partial charge in [0.1, 0.15) is 5.69 Å². The average molecular weight is 320 g/mol. The van der Waals surface area contributed by atoms with Gasteiger partial charge >= 0.3 is 6.18 Å². The summed E-state index contributed by atoms with van der Waals surface area (Å²) in [5.41, 5.74) is -1.40. The fourth-order valence-electron chi connectivity index (χ4n) is 2.29. The summed E-state index contributed by atoms with van der Waals surface area (Å²) in [4.78, 5) is 10.2. The maximum atomic E-state index is 12.6. The summed E-state index contributed by atoms with van der Waals surface area (Å²) in [6, 6.07) is 2.63. The van der Waals surface area contributed by atoms with Gasteiger partial charge in [-0.2, -0.15) is 24.9 Å². The molecule has 21 heavy (non-hydrogen) atoms. The molecule has 1 aromatic rings. The van der Waals surface area contributed by atoms with E-state index in [-0.39, 0.29) is 17.0 Å². The Labute approximate surface area is 124 Å². The SMILES string of the molecule is CC1SCCCC1Nc1ccc(C(F)(F)F)cc1[N+](=O)[O-]. The number of hydrogen-bond donors (Lipinski definition) is 1. The molecule has 0 saturated carbocycles. The Hall–Kier alpha value is -1.44. The molecule has 8 heteroatoms. The van der Waals surface area contributed by atoms with E-state index in [1.807, 2.05) is 6.92 Å². The number of thioether (sulfide) groups is 1. The largest absolute Gasteiger partial charge is 0.416 e. The van der Waals surface area contributed by atoms with Crippen LogP contribution in [0.2, 0.25) is 0 Å². The maximum Gasteiger partial charge on any atom is 0.416 e. The molecule has 0 aliphatic carbocycles. The Kier molecular flexibility index (Phi) is 4.65. The fourth-order valence-corrected chi connectivity index (χ4v) is 3.44. The highest BCUT2D eigenvalue weighted by molar-refractivity contribution is 8.00. The molecule has 0 aromatic heterocycles. The highest BCUT2D eigenvalue weighted by Crippen LogP contribution is 2.36. The van der Waals surface area contributed by atoms with Crippen molar-refractivity contribution in [2.24, 2.45) is 0 Å². The predicted molar refractivity (Wildman–Crippen MR) is 76.7 cm³/mol. The van der Waals surface area contributed by atoms with E-state index in [2.05, 4.69) is 5.32 Å². The average Bonchev–Trinajstić information content (AvgIpc) is 2.40. The second-order valence-electron chi connectivity index (χ2n) is 4.96. The molecule has 0 spiro atoms. The first-order valence-electron chi connectivity index (χ1n) is 6.53. The molecule has 4 nitrogen and oxygen atoms in total. The van der Waals surface area contributed by atoms with Crippen LogP contribution in [-0.4, -0.2) is 22.0 Å². The van der Waals surface area contributed by atoms with Crippen LogP contribution in [0.3, 0.4) is 0 Å². The van der Waals surface area contributed by atoms with Crippen molar-refractivity contribution in [2.45, 2.75) is 37.2 Å². The lowest BCUT2D eigenvalue weighted by Crippen LogP contribution is -2.33. The smallest absolute Gasteiger partial charge is 0.376 e. The highest BCUT2D eigenvalue weighted by atomic mass is 32.2. The van der Waals surface area contributed by atoms with Crippen molar-refractivity contribution < 1.29 is 18.1 Å². The van der Waals surface area contributed by atoms with E-state index in [4.69, 9.17) is 0 Å². The van der Waals surface area contributed by atoms with Crippen LogP contribution in [0, 0.1) is 10.1 Å². The minimum absolute atomic E-state index is 0.0270. The third kappa shape index (κ3) is 3.81.